The fourth-order valence-electron chi connectivity index (χ4n) is 4.73. The molecule has 3 aliphatic heterocycles. The van der Waals surface area contributed by atoms with E-state index < -0.39 is 0 Å². The summed E-state index contributed by atoms with van der Waals surface area (Å²) in [4.78, 5) is 16.8. The molecule has 0 radical (unpaired) electrons. The maximum Gasteiger partial charge on any atom is 0.260 e. The van der Waals surface area contributed by atoms with Crippen molar-refractivity contribution in [2.24, 2.45) is 5.41 Å². The molecule has 0 bridgehead atoms. The minimum absolute atomic E-state index is 0.0666. The molecular formula is C22H32N2O4. The highest BCUT2D eigenvalue weighted by atomic mass is 16.5. The summed E-state index contributed by atoms with van der Waals surface area (Å²) in [5.41, 5.74) is 1.40. The molecule has 3 heterocycles. The molecule has 3 fully saturated rings. The fourth-order valence-corrected chi connectivity index (χ4v) is 4.73. The van der Waals surface area contributed by atoms with E-state index in [0.29, 0.717) is 0 Å². The zero-order valence-corrected chi connectivity index (χ0v) is 16.8. The van der Waals surface area contributed by atoms with Gasteiger partial charge in [-0.2, -0.15) is 0 Å². The molecule has 0 unspecified atom stereocenters. The van der Waals surface area contributed by atoms with Crippen LogP contribution in [0.2, 0.25) is 0 Å². The van der Waals surface area contributed by atoms with Crippen LogP contribution in [0.5, 0.6) is 5.75 Å². The number of aliphatic hydroxyl groups is 1. The number of aryl methyl sites for hydroxylation is 1. The Labute approximate surface area is 167 Å². The molecule has 0 saturated carbocycles. The molecule has 0 aromatic heterocycles. The summed E-state index contributed by atoms with van der Waals surface area (Å²) in [6, 6.07) is 7.79. The summed E-state index contributed by atoms with van der Waals surface area (Å²) >= 11 is 0. The van der Waals surface area contributed by atoms with Crippen LogP contribution < -0.4 is 4.74 Å². The number of β-amino-alcohol motifs (C(OH)–C–C–N with tert-alkyl or cyclic N) is 1. The highest BCUT2D eigenvalue weighted by Crippen LogP contribution is 2.42. The van der Waals surface area contributed by atoms with Crippen molar-refractivity contribution in [2.45, 2.75) is 44.8 Å². The molecule has 1 aromatic carbocycles. The number of nitrogens with zero attached hydrogens (tertiary/aromatic N) is 2. The third-order valence-corrected chi connectivity index (χ3v) is 6.56. The van der Waals surface area contributed by atoms with E-state index in [1.54, 1.807) is 0 Å². The smallest absolute Gasteiger partial charge is 0.260 e. The minimum atomic E-state index is -0.174. The number of carbonyl (C=O) groups is 1. The van der Waals surface area contributed by atoms with Crippen molar-refractivity contribution in [2.75, 3.05) is 45.9 Å². The monoisotopic (exact) mass is 388 g/mol. The van der Waals surface area contributed by atoms with Crippen LogP contribution in [0.25, 0.3) is 0 Å². The third-order valence-electron chi connectivity index (χ3n) is 6.56. The van der Waals surface area contributed by atoms with E-state index >= 15 is 0 Å². The van der Waals surface area contributed by atoms with Crippen molar-refractivity contribution >= 4 is 5.91 Å². The maximum absolute atomic E-state index is 12.5. The first-order chi connectivity index (χ1) is 13.5. The number of likely N-dealkylation sites (tertiary alicyclic amines) is 2. The normalized spacial score (nSPS) is 27.4. The number of carbonyl (C=O) groups excluding carboxylic acids is 1. The summed E-state index contributed by atoms with van der Waals surface area (Å²) in [6.45, 7) is 7.18. The van der Waals surface area contributed by atoms with Crippen LogP contribution in [0.3, 0.4) is 0 Å². The molecule has 2 atom stereocenters. The number of aliphatic hydroxyl groups excluding tert-OH is 1. The lowest BCUT2D eigenvalue weighted by atomic mass is 9.76. The van der Waals surface area contributed by atoms with Gasteiger partial charge in [-0.15, -0.1) is 0 Å². The lowest BCUT2D eigenvalue weighted by molar-refractivity contribution is -0.135. The predicted octanol–water partition coefficient (Wildman–Crippen LogP) is 1.84. The zero-order valence-electron chi connectivity index (χ0n) is 16.8. The molecule has 154 valence electrons. The van der Waals surface area contributed by atoms with Gasteiger partial charge in [-0.25, -0.2) is 0 Å². The lowest BCUT2D eigenvalue weighted by Gasteiger charge is -2.38. The van der Waals surface area contributed by atoms with E-state index in [9.17, 15) is 9.90 Å². The van der Waals surface area contributed by atoms with Gasteiger partial charge >= 0.3 is 0 Å². The van der Waals surface area contributed by atoms with Crippen molar-refractivity contribution in [1.29, 1.82) is 0 Å². The van der Waals surface area contributed by atoms with Gasteiger partial charge in [0, 0.05) is 32.7 Å². The number of ether oxygens (including phenoxy) is 2. The number of rotatable bonds is 5. The summed E-state index contributed by atoms with van der Waals surface area (Å²) in [5, 5.41) is 9.70. The Kier molecular flexibility index (Phi) is 5.90. The molecule has 28 heavy (non-hydrogen) atoms. The van der Waals surface area contributed by atoms with Crippen LogP contribution in [-0.4, -0.2) is 79.0 Å². The number of hydrogen-bond donors (Lipinski definition) is 1. The average molecular weight is 389 g/mol. The molecular weight excluding hydrogens is 356 g/mol. The van der Waals surface area contributed by atoms with E-state index in [0.717, 1.165) is 70.8 Å². The summed E-state index contributed by atoms with van der Waals surface area (Å²) in [6.07, 6.45) is 4.04. The van der Waals surface area contributed by atoms with Crippen LogP contribution in [0, 0.1) is 12.3 Å². The lowest BCUT2D eigenvalue weighted by Crippen LogP contribution is -2.45. The van der Waals surface area contributed by atoms with Gasteiger partial charge in [0.25, 0.3) is 5.91 Å². The van der Waals surface area contributed by atoms with Gasteiger partial charge in [0.15, 0.2) is 6.61 Å². The summed E-state index contributed by atoms with van der Waals surface area (Å²) < 4.78 is 11.8. The Morgan fingerprint density at radius 2 is 2.00 bits per heavy atom. The largest absolute Gasteiger partial charge is 0.484 e. The van der Waals surface area contributed by atoms with E-state index in [1.807, 2.05) is 36.1 Å². The Hall–Kier alpha value is -1.63. The van der Waals surface area contributed by atoms with Crippen LogP contribution >= 0.6 is 0 Å². The van der Waals surface area contributed by atoms with E-state index in [4.69, 9.17) is 9.47 Å². The molecule has 1 aromatic rings. The number of hydrogen-bond acceptors (Lipinski definition) is 5. The van der Waals surface area contributed by atoms with Crippen LogP contribution in [0.4, 0.5) is 0 Å². The fraction of sp³-hybridized carbons (Fsp3) is 0.682. The highest BCUT2D eigenvalue weighted by Gasteiger charge is 2.43. The molecule has 6 heteroatoms. The van der Waals surface area contributed by atoms with Gasteiger partial charge in [0.2, 0.25) is 0 Å². The standard InChI is InChI=1S/C22H32N2O4/c1-17-2-4-19(5-3-17)27-15-21(26)24-10-7-22(8-11-24)12-20(28-16-22)14-23-9-6-18(25)13-23/h2-5,18,20,25H,6-16H2,1H3/t18-,20-/m0/s1. The first kappa shape index (κ1) is 19.7. The average Bonchev–Trinajstić information content (AvgIpc) is 3.28. The van der Waals surface area contributed by atoms with Crippen LogP contribution in [-0.2, 0) is 9.53 Å². The zero-order chi connectivity index (χ0) is 19.6. The Bertz CT molecular complexity index is 670. The topological polar surface area (TPSA) is 62.2 Å². The SMILES string of the molecule is Cc1ccc(OCC(=O)N2CCC3(CC2)CO[C@H](CN2CC[C@H](O)C2)C3)cc1. The van der Waals surface area contributed by atoms with E-state index in [2.05, 4.69) is 4.90 Å². The second-order valence-corrected chi connectivity index (χ2v) is 8.82. The highest BCUT2D eigenvalue weighted by molar-refractivity contribution is 5.77. The molecule has 3 aliphatic rings. The quantitative estimate of drug-likeness (QED) is 0.834. The Morgan fingerprint density at radius 1 is 1.25 bits per heavy atom. The molecule has 6 nitrogen and oxygen atoms in total. The van der Waals surface area contributed by atoms with Crippen molar-refractivity contribution in [3.05, 3.63) is 29.8 Å². The van der Waals surface area contributed by atoms with Crippen molar-refractivity contribution < 1.29 is 19.4 Å². The van der Waals surface area contributed by atoms with Gasteiger partial charge in [-0.3, -0.25) is 9.69 Å². The van der Waals surface area contributed by atoms with E-state index in [-0.39, 0.29) is 30.1 Å². The van der Waals surface area contributed by atoms with Gasteiger partial charge in [0.05, 0.1) is 18.8 Å². The maximum atomic E-state index is 12.5. The van der Waals surface area contributed by atoms with Crippen molar-refractivity contribution in [3.63, 3.8) is 0 Å². The first-order valence-electron chi connectivity index (χ1n) is 10.5. The molecule has 1 amide bonds. The second kappa shape index (κ2) is 8.39. The Morgan fingerprint density at radius 3 is 2.68 bits per heavy atom. The molecule has 1 N–H and O–H groups in total. The number of benzene rings is 1. The van der Waals surface area contributed by atoms with Crippen LogP contribution in [0.1, 0.15) is 31.2 Å². The minimum Gasteiger partial charge on any atom is -0.484 e. The second-order valence-electron chi connectivity index (χ2n) is 8.82. The van der Waals surface area contributed by atoms with Gasteiger partial charge < -0.3 is 19.5 Å². The van der Waals surface area contributed by atoms with Gasteiger partial charge in [0.1, 0.15) is 5.75 Å². The molecule has 4 rings (SSSR count). The van der Waals surface area contributed by atoms with Gasteiger partial charge in [-0.1, -0.05) is 17.7 Å². The van der Waals surface area contributed by atoms with Gasteiger partial charge in [-0.05, 0) is 50.2 Å². The number of amides is 1. The van der Waals surface area contributed by atoms with E-state index in [1.165, 1.54) is 5.56 Å². The molecule has 0 aliphatic carbocycles. The summed E-state index contributed by atoms with van der Waals surface area (Å²) in [7, 11) is 0. The molecule has 3 saturated heterocycles. The van der Waals surface area contributed by atoms with Crippen LogP contribution in [0.15, 0.2) is 24.3 Å². The molecule has 1 spiro atoms. The summed E-state index contributed by atoms with van der Waals surface area (Å²) in [5.74, 6) is 0.809. The predicted molar refractivity (Wildman–Crippen MR) is 106 cm³/mol. The Balaban J connectivity index is 1.21. The third kappa shape index (κ3) is 4.67. The van der Waals surface area contributed by atoms with Crippen molar-refractivity contribution in [3.8, 4) is 5.75 Å². The number of piperidine rings is 1. The first-order valence-corrected chi connectivity index (χ1v) is 10.5. The van der Waals surface area contributed by atoms with Crippen molar-refractivity contribution in [1.82, 2.24) is 9.80 Å².